The number of carboxylic acid groups (broad SMARTS) is 1. The number of nitrogens with zero attached hydrogens (tertiary/aromatic N) is 1. The van der Waals surface area contributed by atoms with E-state index < -0.39 is 11.9 Å². The Bertz CT molecular complexity index is 314. The Kier molecular flexibility index (Phi) is 7.59. The lowest BCUT2D eigenvalue weighted by Gasteiger charge is -2.26. The van der Waals surface area contributed by atoms with Gasteiger partial charge in [-0.25, -0.2) is 0 Å². The van der Waals surface area contributed by atoms with Gasteiger partial charge >= 0.3 is 5.97 Å². The molecule has 1 rings (SSSR count). The molecule has 1 saturated carbocycles. The van der Waals surface area contributed by atoms with Crippen molar-refractivity contribution in [1.29, 1.82) is 0 Å². The van der Waals surface area contributed by atoms with Crippen molar-refractivity contribution in [2.45, 2.75) is 58.4 Å². The van der Waals surface area contributed by atoms with Crippen LogP contribution in [0.25, 0.3) is 0 Å². The predicted molar refractivity (Wildman–Crippen MR) is 78.5 cm³/mol. The minimum atomic E-state index is -0.807. The van der Waals surface area contributed by atoms with Crippen molar-refractivity contribution in [1.82, 2.24) is 10.2 Å². The van der Waals surface area contributed by atoms with E-state index in [-0.39, 0.29) is 5.91 Å². The molecule has 0 aliphatic heterocycles. The van der Waals surface area contributed by atoms with Gasteiger partial charge in [0.1, 0.15) is 0 Å². The van der Waals surface area contributed by atoms with Gasteiger partial charge < -0.3 is 10.4 Å². The van der Waals surface area contributed by atoms with E-state index in [0.29, 0.717) is 19.1 Å². The van der Waals surface area contributed by atoms with Crippen molar-refractivity contribution in [2.24, 2.45) is 5.92 Å². The second kappa shape index (κ2) is 8.95. The Labute approximate surface area is 121 Å². The molecule has 1 unspecified atom stereocenters. The Morgan fingerprint density at radius 3 is 2.50 bits per heavy atom. The van der Waals surface area contributed by atoms with Crippen LogP contribution >= 0.6 is 0 Å². The number of nitrogens with one attached hydrogen (secondary N) is 1. The molecule has 5 nitrogen and oxygen atoms in total. The monoisotopic (exact) mass is 284 g/mol. The van der Waals surface area contributed by atoms with E-state index >= 15 is 0 Å². The Balaban J connectivity index is 2.38. The third-order valence-electron chi connectivity index (χ3n) is 3.83. The maximum absolute atomic E-state index is 12.0. The number of aliphatic carboxylic acids is 1. The first-order valence-corrected chi connectivity index (χ1v) is 7.77. The fourth-order valence-electron chi connectivity index (χ4n) is 2.74. The van der Waals surface area contributed by atoms with Crippen molar-refractivity contribution < 1.29 is 14.7 Å². The molecular weight excluding hydrogens is 256 g/mol. The molecule has 1 amide bonds. The highest BCUT2D eigenvalue weighted by atomic mass is 16.4. The largest absolute Gasteiger partial charge is 0.481 e. The summed E-state index contributed by atoms with van der Waals surface area (Å²) in [5.74, 6) is -1.22. The highest BCUT2D eigenvalue weighted by molar-refractivity contribution is 5.78. The SMILES string of the molecule is CCCN(CC(=O)NC1CCCCC1)CC(C)C(=O)O. The first-order valence-electron chi connectivity index (χ1n) is 7.77. The van der Waals surface area contributed by atoms with Gasteiger partial charge in [-0.05, 0) is 25.8 Å². The molecule has 0 aromatic heterocycles. The lowest BCUT2D eigenvalue weighted by Crippen LogP contribution is -2.44. The van der Waals surface area contributed by atoms with Gasteiger partial charge in [-0.2, -0.15) is 0 Å². The highest BCUT2D eigenvalue weighted by Gasteiger charge is 2.20. The van der Waals surface area contributed by atoms with Crippen LogP contribution in [-0.4, -0.2) is 47.6 Å². The standard InChI is InChI=1S/C15H28N2O3/c1-3-9-17(10-12(2)15(19)20)11-14(18)16-13-7-5-4-6-8-13/h12-13H,3-11H2,1-2H3,(H,16,18)(H,19,20). The third-order valence-corrected chi connectivity index (χ3v) is 3.83. The molecule has 0 aromatic carbocycles. The number of rotatable bonds is 8. The van der Waals surface area contributed by atoms with E-state index in [1.165, 1.54) is 19.3 Å². The predicted octanol–water partition coefficient (Wildman–Crippen LogP) is 1.87. The van der Waals surface area contributed by atoms with Gasteiger partial charge in [-0.3, -0.25) is 14.5 Å². The summed E-state index contributed by atoms with van der Waals surface area (Å²) in [5, 5.41) is 12.0. The number of hydrogen-bond acceptors (Lipinski definition) is 3. The number of carboxylic acids is 1. The van der Waals surface area contributed by atoms with E-state index in [0.717, 1.165) is 25.8 Å². The molecule has 1 aliphatic carbocycles. The summed E-state index contributed by atoms with van der Waals surface area (Å²) in [5.41, 5.74) is 0. The average Bonchev–Trinajstić information content (AvgIpc) is 2.39. The van der Waals surface area contributed by atoms with Crippen LogP contribution in [0.15, 0.2) is 0 Å². The summed E-state index contributed by atoms with van der Waals surface area (Å²) < 4.78 is 0. The minimum Gasteiger partial charge on any atom is -0.481 e. The summed E-state index contributed by atoms with van der Waals surface area (Å²) in [6, 6.07) is 0.316. The summed E-state index contributed by atoms with van der Waals surface area (Å²) in [7, 11) is 0. The molecule has 5 heteroatoms. The van der Waals surface area contributed by atoms with E-state index in [1.807, 2.05) is 11.8 Å². The zero-order valence-corrected chi connectivity index (χ0v) is 12.7. The summed E-state index contributed by atoms with van der Waals surface area (Å²) in [4.78, 5) is 24.9. The molecule has 0 saturated heterocycles. The second-order valence-electron chi connectivity index (χ2n) is 5.88. The summed E-state index contributed by atoms with van der Waals surface area (Å²) in [6.45, 7) is 5.22. The van der Waals surface area contributed by atoms with Gasteiger partial charge in [0, 0.05) is 12.6 Å². The van der Waals surface area contributed by atoms with E-state index in [9.17, 15) is 9.59 Å². The molecule has 1 aliphatic rings. The van der Waals surface area contributed by atoms with Gasteiger partial charge in [0.2, 0.25) is 5.91 Å². The molecule has 116 valence electrons. The van der Waals surface area contributed by atoms with Crippen LogP contribution in [0.5, 0.6) is 0 Å². The molecule has 0 aromatic rings. The van der Waals surface area contributed by atoms with Crippen molar-refractivity contribution >= 4 is 11.9 Å². The quantitative estimate of drug-likeness (QED) is 0.714. The van der Waals surface area contributed by atoms with E-state index in [4.69, 9.17) is 5.11 Å². The van der Waals surface area contributed by atoms with Crippen LogP contribution in [0.3, 0.4) is 0 Å². The number of hydrogen-bond donors (Lipinski definition) is 2. The fraction of sp³-hybridized carbons (Fsp3) is 0.867. The van der Waals surface area contributed by atoms with Crippen molar-refractivity contribution in [2.75, 3.05) is 19.6 Å². The molecule has 0 spiro atoms. The molecule has 0 bridgehead atoms. The van der Waals surface area contributed by atoms with Crippen molar-refractivity contribution in [3.63, 3.8) is 0 Å². The molecule has 2 N–H and O–H groups in total. The Hall–Kier alpha value is -1.10. The van der Waals surface area contributed by atoms with Gasteiger partial charge in [0.05, 0.1) is 12.5 Å². The number of amides is 1. The van der Waals surface area contributed by atoms with Gasteiger partial charge in [0.25, 0.3) is 0 Å². The topological polar surface area (TPSA) is 69.6 Å². The molecule has 1 fully saturated rings. The molecular formula is C15H28N2O3. The minimum absolute atomic E-state index is 0.0305. The lowest BCUT2D eigenvalue weighted by molar-refractivity contribution is -0.142. The van der Waals surface area contributed by atoms with Gasteiger partial charge in [0.15, 0.2) is 0 Å². The van der Waals surface area contributed by atoms with Gasteiger partial charge in [-0.1, -0.05) is 33.1 Å². The zero-order valence-electron chi connectivity index (χ0n) is 12.7. The highest BCUT2D eigenvalue weighted by Crippen LogP contribution is 2.17. The van der Waals surface area contributed by atoms with E-state index in [1.54, 1.807) is 6.92 Å². The first kappa shape index (κ1) is 17.0. The summed E-state index contributed by atoms with van der Waals surface area (Å²) >= 11 is 0. The number of carbonyl (C=O) groups excluding carboxylic acids is 1. The molecule has 20 heavy (non-hydrogen) atoms. The van der Waals surface area contributed by atoms with Crippen molar-refractivity contribution in [3.8, 4) is 0 Å². The molecule has 0 radical (unpaired) electrons. The van der Waals surface area contributed by atoms with Crippen LogP contribution in [0.4, 0.5) is 0 Å². The van der Waals surface area contributed by atoms with Crippen LogP contribution in [0.2, 0.25) is 0 Å². The molecule has 0 heterocycles. The Morgan fingerprint density at radius 2 is 1.95 bits per heavy atom. The summed E-state index contributed by atoms with van der Waals surface area (Å²) in [6.07, 6.45) is 6.73. The van der Waals surface area contributed by atoms with E-state index in [2.05, 4.69) is 5.32 Å². The number of carbonyl (C=O) groups is 2. The lowest BCUT2D eigenvalue weighted by atomic mass is 9.95. The first-order chi connectivity index (χ1) is 9.52. The van der Waals surface area contributed by atoms with Crippen molar-refractivity contribution in [3.05, 3.63) is 0 Å². The average molecular weight is 284 g/mol. The third kappa shape index (κ3) is 6.37. The smallest absolute Gasteiger partial charge is 0.307 e. The zero-order chi connectivity index (χ0) is 15.0. The fourth-order valence-corrected chi connectivity index (χ4v) is 2.74. The maximum atomic E-state index is 12.0. The maximum Gasteiger partial charge on any atom is 0.307 e. The van der Waals surface area contributed by atoms with Crippen LogP contribution in [-0.2, 0) is 9.59 Å². The van der Waals surface area contributed by atoms with Crippen LogP contribution in [0.1, 0.15) is 52.4 Å². The van der Waals surface area contributed by atoms with Crippen LogP contribution < -0.4 is 5.32 Å². The van der Waals surface area contributed by atoms with Gasteiger partial charge in [-0.15, -0.1) is 0 Å². The molecule has 1 atom stereocenters. The second-order valence-corrected chi connectivity index (χ2v) is 5.88. The Morgan fingerprint density at radius 1 is 1.30 bits per heavy atom. The van der Waals surface area contributed by atoms with Crippen LogP contribution in [0, 0.1) is 5.92 Å². The normalized spacial score (nSPS) is 17.9.